The van der Waals surface area contributed by atoms with E-state index in [4.69, 9.17) is 9.66 Å². The summed E-state index contributed by atoms with van der Waals surface area (Å²) in [4.78, 5) is 22.0. The number of hydrogen-bond acceptors (Lipinski definition) is 4. The number of carboxylic acid groups (broad SMARTS) is 2. The zero-order valence-corrected chi connectivity index (χ0v) is 12.6. The smallest absolute Gasteiger partial charge is 0.306 e. The van der Waals surface area contributed by atoms with Gasteiger partial charge >= 0.3 is 11.9 Å². The van der Waals surface area contributed by atoms with Crippen molar-refractivity contribution in [3.05, 3.63) is 35.9 Å². The van der Waals surface area contributed by atoms with Crippen LogP contribution in [0.5, 0.6) is 0 Å². The molecule has 1 aromatic rings. The monoisotopic (exact) mass is 330 g/mol. The third-order valence-electron chi connectivity index (χ3n) is 3.32. The molecule has 0 amide bonds. The highest BCUT2D eigenvalue weighted by Gasteiger charge is 2.32. The molecular formula is C14H18O7S. The molecule has 0 aliphatic heterocycles. The van der Waals surface area contributed by atoms with Crippen LogP contribution in [0.1, 0.15) is 18.4 Å². The molecule has 0 saturated heterocycles. The van der Waals surface area contributed by atoms with Crippen molar-refractivity contribution < 1.29 is 32.8 Å². The van der Waals surface area contributed by atoms with Crippen LogP contribution in [-0.4, -0.2) is 40.9 Å². The van der Waals surface area contributed by atoms with Gasteiger partial charge in [-0.2, -0.15) is 8.42 Å². The fourth-order valence-corrected chi connectivity index (χ4v) is 3.24. The van der Waals surface area contributed by atoms with E-state index in [0.29, 0.717) is 0 Å². The van der Waals surface area contributed by atoms with Crippen LogP contribution in [0.15, 0.2) is 30.3 Å². The summed E-state index contributed by atoms with van der Waals surface area (Å²) in [6, 6.07) is 8.65. The predicted molar refractivity (Wildman–Crippen MR) is 78.0 cm³/mol. The Labute approximate surface area is 128 Å². The minimum Gasteiger partial charge on any atom is -0.481 e. The summed E-state index contributed by atoms with van der Waals surface area (Å²) in [6.07, 6.45) is -0.456. The molecule has 22 heavy (non-hydrogen) atoms. The molecule has 1 aromatic carbocycles. The van der Waals surface area contributed by atoms with Crippen molar-refractivity contribution in [3.63, 3.8) is 0 Å². The lowest BCUT2D eigenvalue weighted by atomic mass is 9.85. The Hall–Kier alpha value is -1.93. The van der Waals surface area contributed by atoms with E-state index in [0.717, 1.165) is 5.56 Å². The van der Waals surface area contributed by atoms with Crippen molar-refractivity contribution >= 4 is 22.1 Å². The third kappa shape index (κ3) is 6.68. The molecule has 0 aromatic heterocycles. The minimum atomic E-state index is -4.37. The molecular weight excluding hydrogens is 312 g/mol. The van der Waals surface area contributed by atoms with Crippen molar-refractivity contribution in [3.8, 4) is 0 Å². The van der Waals surface area contributed by atoms with Crippen molar-refractivity contribution in [2.45, 2.75) is 19.3 Å². The Morgan fingerprint density at radius 1 is 1.09 bits per heavy atom. The van der Waals surface area contributed by atoms with E-state index in [1.54, 1.807) is 30.3 Å². The van der Waals surface area contributed by atoms with E-state index in [9.17, 15) is 23.1 Å². The zero-order valence-electron chi connectivity index (χ0n) is 11.8. The molecule has 0 heterocycles. The van der Waals surface area contributed by atoms with Gasteiger partial charge in [-0.05, 0) is 24.3 Å². The zero-order chi connectivity index (χ0) is 16.8. The first-order valence-electron chi connectivity index (χ1n) is 6.62. The number of benzene rings is 1. The van der Waals surface area contributed by atoms with Gasteiger partial charge in [0.15, 0.2) is 0 Å². The number of aliphatic carboxylic acids is 2. The number of carboxylic acids is 2. The fourth-order valence-electron chi connectivity index (χ4n) is 2.34. The van der Waals surface area contributed by atoms with Crippen LogP contribution in [0.25, 0.3) is 0 Å². The molecule has 122 valence electrons. The fraction of sp³-hybridized carbons (Fsp3) is 0.429. The Morgan fingerprint density at radius 2 is 1.68 bits per heavy atom. The molecule has 0 fully saturated rings. The maximum absolute atomic E-state index is 11.4. The lowest BCUT2D eigenvalue weighted by Gasteiger charge is -2.22. The van der Waals surface area contributed by atoms with Crippen LogP contribution in [0.4, 0.5) is 0 Å². The molecule has 1 rings (SSSR count). The van der Waals surface area contributed by atoms with Crippen LogP contribution in [-0.2, 0) is 26.1 Å². The molecule has 3 N–H and O–H groups in total. The van der Waals surface area contributed by atoms with Crippen molar-refractivity contribution in [1.82, 2.24) is 0 Å². The first kappa shape index (κ1) is 18.1. The summed E-state index contributed by atoms with van der Waals surface area (Å²) in [6.45, 7) is 0. The molecule has 0 aliphatic rings. The first-order valence-corrected chi connectivity index (χ1v) is 8.23. The maximum atomic E-state index is 11.4. The molecule has 0 saturated carbocycles. The molecule has 8 heteroatoms. The van der Waals surface area contributed by atoms with Gasteiger partial charge in [0.25, 0.3) is 10.1 Å². The summed E-state index contributed by atoms with van der Waals surface area (Å²) in [5.41, 5.74) is 0.720. The highest BCUT2D eigenvalue weighted by Crippen LogP contribution is 2.24. The summed E-state index contributed by atoms with van der Waals surface area (Å²) in [5, 5.41) is 17.9. The lowest BCUT2D eigenvalue weighted by Crippen LogP contribution is -2.31. The second-order valence-corrected chi connectivity index (χ2v) is 6.57. The Morgan fingerprint density at radius 3 is 2.14 bits per heavy atom. The minimum absolute atomic E-state index is 0.122. The van der Waals surface area contributed by atoms with Crippen LogP contribution in [0.3, 0.4) is 0 Å². The van der Waals surface area contributed by atoms with Crippen molar-refractivity contribution in [2.24, 2.45) is 11.8 Å². The second kappa shape index (κ2) is 7.90. The van der Waals surface area contributed by atoms with E-state index < -0.39 is 39.6 Å². The maximum Gasteiger partial charge on any atom is 0.306 e. The number of carbonyl (C=O) groups is 2. The van der Waals surface area contributed by atoms with E-state index in [1.807, 2.05) is 0 Å². The topological polar surface area (TPSA) is 129 Å². The third-order valence-corrected chi connectivity index (χ3v) is 4.17. The largest absolute Gasteiger partial charge is 0.481 e. The molecule has 7 nitrogen and oxygen atoms in total. The Balaban J connectivity index is 2.99. The van der Waals surface area contributed by atoms with Gasteiger partial charge in [-0.3, -0.25) is 14.1 Å². The van der Waals surface area contributed by atoms with Crippen LogP contribution >= 0.6 is 0 Å². The molecule has 0 aliphatic carbocycles. The SMILES string of the molecule is O=C(O)CCC(C(=O)O)C(Cc1ccccc1)CS(=O)(=O)O. The molecule has 0 bridgehead atoms. The van der Waals surface area contributed by atoms with Crippen LogP contribution in [0.2, 0.25) is 0 Å². The first-order chi connectivity index (χ1) is 10.2. The molecule has 0 spiro atoms. The van der Waals surface area contributed by atoms with Gasteiger partial charge in [-0.1, -0.05) is 30.3 Å². The van der Waals surface area contributed by atoms with Crippen molar-refractivity contribution in [1.29, 1.82) is 0 Å². The second-order valence-electron chi connectivity index (χ2n) is 5.08. The van der Waals surface area contributed by atoms with Crippen molar-refractivity contribution in [2.75, 3.05) is 5.75 Å². The van der Waals surface area contributed by atoms with Crippen LogP contribution in [0, 0.1) is 11.8 Å². The molecule has 0 radical (unpaired) electrons. The molecule has 2 atom stereocenters. The van der Waals surface area contributed by atoms with Gasteiger partial charge < -0.3 is 10.2 Å². The van der Waals surface area contributed by atoms with E-state index >= 15 is 0 Å². The van der Waals surface area contributed by atoms with Gasteiger partial charge in [-0.25, -0.2) is 0 Å². The number of rotatable bonds is 9. The lowest BCUT2D eigenvalue weighted by molar-refractivity contribution is -0.144. The Kier molecular flexibility index (Phi) is 6.51. The average molecular weight is 330 g/mol. The van der Waals surface area contributed by atoms with Gasteiger partial charge in [0.1, 0.15) is 0 Å². The highest BCUT2D eigenvalue weighted by atomic mass is 32.2. The van der Waals surface area contributed by atoms with Crippen LogP contribution < -0.4 is 0 Å². The number of hydrogen-bond donors (Lipinski definition) is 3. The average Bonchev–Trinajstić information content (AvgIpc) is 2.37. The van der Waals surface area contributed by atoms with Gasteiger partial charge in [0.2, 0.25) is 0 Å². The highest BCUT2D eigenvalue weighted by molar-refractivity contribution is 7.85. The normalized spacial score (nSPS) is 14.2. The van der Waals surface area contributed by atoms with Gasteiger partial charge in [0, 0.05) is 6.42 Å². The Bertz CT molecular complexity index is 609. The summed E-state index contributed by atoms with van der Waals surface area (Å²) >= 11 is 0. The van der Waals surface area contributed by atoms with E-state index in [2.05, 4.69) is 0 Å². The van der Waals surface area contributed by atoms with E-state index in [-0.39, 0.29) is 19.3 Å². The summed E-state index contributed by atoms with van der Waals surface area (Å²) < 4.78 is 31.3. The van der Waals surface area contributed by atoms with E-state index in [1.165, 1.54) is 0 Å². The summed E-state index contributed by atoms with van der Waals surface area (Å²) in [5.74, 6) is -5.23. The summed E-state index contributed by atoms with van der Waals surface area (Å²) in [7, 11) is -4.37. The van der Waals surface area contributed by atoms with Gasteiger partial charge in [-0.15, -0.1) is 0 Å². The molecule has 2 unspecified atom stereocenters. The van der Waals surface area contributed by atoms with Gasteiger partial charge in [0.05, 0.1) is 11.7 Å². The standard InChI is InChI=1S/C14H18O7S/c15-13(16)7-6-12(14(17)18)11(9-22(19,20)21)8-10-4-2-1-3-5-10/h1-5,11-12H,6-9H2,(H,15,16)(H,17,18)(H,19,20,21). The predicted octanol–water partition coefficient (Wildman–Crippen LogP) is 1.30. The quantitative estimate of drug-likeness (QED) is 0.582.